The average molecular weight is 133 g/mol. The zero-order valence-corrected chi connectivity index (χ0v) is 5.04. The lowest BCUT2D eigenvalue weighted by Gasteiger charge is -2.20. The summed E-state index contributed by atoms with van der Waals surface area (Å²) in [4.78, 5) is 0. The van der Waals surface area contributed by atoms with Gasteiger partial charge >= 0.3 is 0 Å². The zero-order valence-electron chi connectivity index (χ0n) is 5.04. The van der Waals surface area contributed by atoms with Crippen molar-refractivity contribution in [1.82, 2.24) is 5.32 Å². The molecule has 0 amide bonds. The molecule has 1 atom stereocenters. The highest BCUT2D eigenvalue weighted by molar-refractivity contribution is 4.88. The van der Waals surface area contributed by atoms with Crippen molar-refractivity contribution in [2.45, 2.75) is 18.2 Å². The van der Waals surface area contributed by atoms with E-state index in [1.807, 2.05) is 0 Å². The Balaban J connectivity index is 2.52. The molecular weight excluding hydrogens is 122 g/mol. The van der Waals surface area contributed by atoms with E-state index in [4.69, 9.17) is 15.3 Å². The summed E-state index contributed by atoms with van der Waals surface area (Å²) >= 11 is 0. The Morgan fingerprint density at radius 3 is 2.44 bits per heavy atom. The third kappa shape index (κ3) is 1.21. The first kappa shape index (κ1) is 6.95. The number of hydrogen-bond acceptors (Lipinski definition) is 4. The normalized spacial score (nSPS) is 33.0. The van der Waals surface area contributed by atoms with Crippen molar-refractivity contribution in [1.29, 1.82) is 0 Å². The van der Waals surface area contributed by atoms with Gasteiger partial charge < -0.3 is 20.6 Å². The number of hydrogen-bond donors (Lipinski definition) is 4. The van der Waals surface area contributed by atoms with E-state index in [2.05, 4.69) is 5.32 Å². The van der Waals surface area contributed by atoms with Gasteiger partial charge in [0.05, 0.1) is 12.6 Å². The second-order valence-electron chi connectivity index (χ2n) is 2.32. The van der Waals surface area contributed by atoms with Gasteiger partial charge in [-0.05, 0) is 0 Å². The maximum atomic E-state index is 8.99. The van der Waals surface area contributed by atoms with Crippen molar-refractivity contribution >= 4 is 0 Å². The van der Waals surface area contributed by atoms with Crippen LogP contribution in [-0.2, 0) is 0 Å². The molecule has 9 heavy (non-hydrogen) atoms. The molecule has 0 aromatic carbocycles. The van der Waals surface area contributed by atoms with Crippen LogP contribution in [-0.4, -0.2) is 40.3 Å². The van der Waals surface area contributed by atoms with E-state index in [-0.39, 0.29) is 13.0 Å². The molecular formula is C5H11NO3. The van der Waals surface area contributed by atoms with Gasteiger partial charge in [0.25, 0.3) is 0 Å². The van der Waals surface area contributed by atoms with Crippen molar-refractivity contribution in [2.24, 2.45) is 0 Å². The first-order valence-corrected chi connectivity index (χ1v) is 2.96. The molecule has 1 fully saturated rings. The molecule has 1 heterocycles. The van der Waals surface area contributed by atoms with E-state index in [0.717, 1.165) is 0 Å². The Morgan fingerprint density at radius 1 is 1.56 bits per heavy atom. The van der Waals surface area contributed by atoms with Gasteiger partial charge in [0, 0.05) is 13.0 Å². The lowest BCUT2D eigenvalue weighted by atomic mass is 10.1. The van der Waals surface area contributed by atoms with Gasteiger partial charge in [-0.1, -0.05) is 0 Å². The van der Waals surface area contributed by atoms with Crippen molar-refractivity contribution in [3.05, 3.63) is 0 Å². The van der Waals surface area contributed by atoms with Gasteiger partial charge in [-0.3, -0.25) is 0 Å². The predicted octanol–water partition coefficient (Wildman–Crippen LogP) is -1.98. The maximum absolute atomic E-state index is 8.99. The summed E-state index contributed by atoms with van der Waals surface area (Å²) in [6.07, 6.45) is 0.290. The van der Waals surface area contributed by atoms with Crippen LogP contribution in [0.25, 0.3) is 0 Å². The SMILES string of the molecule is OCC1NCCC1(O)O. The standard InChI is InChI=1S/C5H11NO3/c7-3-4-5(8,9)1-2-6-4/h4,6-9H,1-3H2. The minimum atomic E-state index is -1.70. The lowest BCUT2D eigenvalue weighted by molar-refractivity contribution is -0.171. The highest BCUT2D eigenvalue weighted by Gasteiger charge is 2.38. The van der Waals surface area contributed by atoms with Gasteiger partial charge in [0.2, 0.25) is 0 Å². The van der Waals surface area contributed by atoms with Gasteiger partial charge in [0.1, 0.15) is 0 Å². The van der Waals surface area contributed by atoms with Crippen LogP contribution < -0.4 is 5.32 Å². The van der Waals surface area contributed by atoms with Crippen molar-refractivity contribution in [3.8, 4) is 0 Å². The Bertz CT molecular complexity index is 104. The van der Waals surface area contributed by atoms with Gasteiger partial charge in [-0.25, -0.2) is 0 Å². The number of nitrogens with one attached hydrogen (secondary N) is 1. The minimum absolute atomic E-state index is 0.229. The Kier molecular flexibility index (Phi) is 1.72. The quantitative estimate of drug-likeness (QED) is 0.313. The second kappa shape index (κ2) is 2.22. The van der Waals surface area contributed by atoms with Crippen LogP contribution in [0.15, 0.2) is 0 Å². The summed E-state index contributed by atoms with van der Waals surface area (Å²) in [5.41, 5.74) is 0. The van der Waals surface area contributed by atoms with E-state index in [1.54, 1.807) is 0 Å². The highest BCUT2D eigenvalue weighted by atomic mass is 16.5. The summed E-state index contributed by atoms with van der Waals surface area (Å²) in [5.74, 6) is -1.70. The molecule has 0 bridgehead atoms. The van der Waals surface area contributed by atoms with E-state index in [9.17, 15) is 0 Å². The van der Waals surface area contributed by atoms with E-state index < -0.39 is 11.8 Å². The van der Waals surface area contributed by atoms with E-state index in [1.165, 1.54) is 0 Å². The number of aliphatic hydroxyl groups excluding tert-OH is 1. The average Bonchev–Trinajstić information content (AvgIpc) is 2.08. The predicted molar refractivity (Wildman–Crippen MR) is 30.7 cm³/mol. The molecule has 0 radical (unpaired) electrons. The fourth-order valence-electron chi connectivity index (χ4n) is 0.979. The molecule has 0 spiro atoms. The van der Waals surface area contributed by atoms with Crippen LogP contribution in [0.1, 0.15) is 6.42 Å². The number of aliphatic hydroxyl groups is 3. The molecule has 4 N–H and O–H groups in total. The third-order valence-electron chi connectivity index (χ3n) is 1.62. The summed E-state index contributed by atoms with van der Waals surface area (Å²) in [6.45, 7) is 0.325. The second-order valence-corrected chi connectivity index (χ2v) is 2.32. The van der Waals surface area contributed by atoms with Crippen LogP contribution >= 0.6 is 0 Å². The molecule has 1 unspecified atom stereocenters. The fraction of sp³-hybridized carbons (Fsp3) is 1.00. The van der Waals surface area contributed by atoms with Crippen LogP contribution in [0.3, 0.4) is 0 Å². The molecule has 4 heteroatoms. The largest absolute Gasteiger partial charge is 0.395 e. The Labute approximate surface area is 53.1 Å². The lowest BCUT2D eigenvalue weighted by Crippen LogP contribution is -2.44. The first-order valence-electron chi connectivity index (χ1n) is 2.96. The number of rotatable bonds is 1. The first-order chi connectivity index (χ1) is 4.17. The van der Waals surface area contributed by atoms with Crippen molar-refractivity contribution in [3.63, 3.8) is 0 Å². The molecule has 0 aromatic heterocycles. The molecule has 1 rings (SSSR count). The van der Waals surface area contributed by atoms with Crippen LogP contribution in [0.2, 0.25) is 0 Å². The molecule has 54 valence electrons. The summed E-state index contributed by atoms with van der Waals surface area (Å²) in [5, 5.41) is 29.2. The fourth-order valence-corrected chi connectivity index (χ4v) is 0.979. The summed E-state index contributed by atoms with van der Waals surface area (Å²) in [7, 11) is 0. The van der Waals surface area contributed by atoms with Crippen LogP contribution in [0.5, 0.6) is 0 Å². The molecule has 4 nitrogen and oxygen atoms in total. The molecule has 0 aromatic rings. The molecule has 1 aliphatic heterocycles. The van der Waals surface area contributed by atoms with Gasteiger partial charge in [-0.15, -0.1) is 0 Å². The zero-order chi connectivity index (χ0) is 6.91. The van der Waals surface area contributed by atoms with E-state index in [0.29, 0.717) is 6.54 Å². The Morgan fingerprint density at radius 2 is 2.22 bits per heavy atom. The van der Waals surface area contributed by atoms with Crippen molar-refractivity contribution < 1.29 is 15.3 Å². The molecule has 0 aliphatic carbocycles. The topological polar surface area (TPSA) is 72.7 Å². The smallest absolute Gasteiger partial charge is 0.181 e. The summed E-state index contributed by atoms with van der Waals surface area (Å²) < 4.78 is 0. The maximum Gasteiger partial charge on any atom is 0.181 e. The Hall–Kier alpha value is -0.160. The van der Waals surface area contributed by atoms with Gasteiger partial charge in [-0.2, -0.15) is 0 Å². The minimum Gasteiger partial charge on any atom is -0.395 e. The third-order valence-corrected chi connectivity index (χ3v) is 1.62. The monoisotopic (exact) mass is 133 g/mol. The van der Waals surface area contributed by atoms with Gasteiger partial charge in [0.15, 0.2) is 5.79 Å². The van der Waals surface area contributed by atoms with Crippen LogP contribution in [0, 0.1) is 0 Å². The van der Waals surface area contributed by atoms with E-state index >= 15 is 0 Å². The summed E-state index contributed by atoms with van der Waals surface area (Å²) in [6, 6.07) is -0.572. The molecule has 0 saturated carbocycles. The van der Waals surface area contributed by atoms with Crippen molar-refractivity contribution in [2.75, 3.05) is 13.2 Å². The van der Waals surface area contributed by atoms with Crippen LogP contribution in [0.4, 0.5) is 0 Å². The highest BCUT2D eigenvalue weighted by Crippen LogP contribution is 2.16. The molecule has 1 saturated heterocycles. The molecule has 1 aliphatic rings.